The number of anilines is 2. The summed E-state index contributed by atoms with van der Waals surface area (Å²) in [4.78, 5) is 16.8. The molecule has 156 valence electrons. The van der Waals surface area contributed by atoms with E-state index in [1.54, 1.807) is 23.9 Å². The average Bonchev–Trinajstić information content (AvgIpc) is 2.79. The third-order valence-corrected chi connectivity index (χ3v) is 6.42. The minimum Gasteiger partial charge on any atom is -0.440 e. The van der Waals surface area contributed by atoms with Gasteiger partial charge in [0.15, 0.2) is 11.3 Å². The van der Waals surface area contributed by atoms with Crippen molar-refractivity contribution < 1.29 is 9.15 Å². The Bertz CT molecular complexity index is 1100. The zero-order valence-electron chi connectivity index (χ0n) is 17.3. The molecule has 0 radical (unpaired) electrons. The summed E-state index contributed by atoms with van der Waals surface area (Å²) in [5, 5.41) is 0. The minimum atomic E-state index is -0.0469. The van der Waals surface area contributed by atoms with Crippen molar-refractivity contribution >= 4 is 23.3 Å². The van der Waals surface area contributed by atoms with Gasteiger partial charge in [0.05, 0.1) is 13.2 Å². The molecule has 5 nitrogen and oxygen atoms in total. The zero-order chi connectivity index (χ0) is 21.1. The normalized spacial score (nSPS) is 14.9. The van der Waals surface area contributed by atoms with E-state index in [-0.39, 0.29) is 5.43 Å². The molecule has 0 bridgehead atoms. The van der Waals surface area contributed by atoms with Crippen molar-refractivity contribution in [2.75, 3.05) is 36.9 Å². The summed E-state index contributed by atoms with van der Waals surface area (Å²) >= 11 is 1.71. The maximum Gasteiger partial charge on any atom is 0.200 e. The summed E-state index contributed by atoms with van der Waals surface area (Å²) in [6.45, 7) is 6.74. The van der Waals surface area contributed by atoms with Gasteiger partial charge in [-0.05, 0) is 35.7 Å². The highest BCUT2D eigenvalue weighted by molar-refractivity contribution is 7.99. The van der Waals surface area contributed by atoms with Gasteiger partial charge in [-0.15, -0.1) is 0 Å². The fourth-order valence-electron chi connectivity index (χ4n) is 3.73. The highest BCUT2D eigenvalue weighted by Gasteiger charge is 2.22. The molecule has 0 atom stereocenters. The molecule has 0 amide bonds. The van der Waals surface area contributed by atoms with Crippen molar-refractivity contribution in [1.29, 1.82) is 0 Å². The van der Waals surface area contributed by atoms with Crippen molar-refractivity contribution in [1.82, 2.24) is 0 Å². The SMILES string of the molecule is CC.Nc1ccc2c(c1)Cc1cccc(-c3cc(=O)cc(N4CCOCC4)o3)c1S2. The molecule has 1 fully saturated rings. The summed E-state index contributed by atoms with van der Waals surface area (Å²) in [5.74, 6) is 1.22. The van der Waals surface area contributed by atoms with E-state index in [1.165, 1.54) is 16.0 Å². The molecule has 3 heterocycles. The zero-order valence-corrected chi connectivity index (χ0v) is 18.1. The largest absolute Gasteiger partial charge is 0.440 e. The van der Waals surface area contributed by atoms with Crippen molar-refractivity contribution in [2.24, 2.45) is 0 Å². The van der Waals surface area contributed by atoms with Crippen LogP contribution in [-0.2, 0) is 11.2 Å². The lowest BCUT2D eigenvalue weighted by Gasteiger charge is -2.27. The predicted octanol–water partition coefficient (Wildman–Crippen LogP) is 4.81. The number of morpholine rings is 1. The van der Waals surface area contributed by atoms with Crippen LogP contribution in [0.5, 0.6) is 0 Å². The molecule has 5 rings (SSSR count). The van der Waals surface area contributed by atoms with Crippen molar-refractivity contribution in [3.63, 3.8) is 0 Å². The van der Waals surface area contributed by atoms with Crippen LogP contribution in [0.3, 0.4) is 0 Å². The van der Waals surface area contributed by atoms with Gasteiger partial charge in [-0.2, -0.15) is 0 Å². The van der Waals surface area contributed by atoms with Crippen LogP contribution >= 0.6 is 11.8 Å². The summed E-state index contributed by atoms with van der Waals surface area (Å²) in [6, 6.07) is 15.4. The van der Waals surface area contributed by atoms with Crippen molar-refractivity contribution in [2.45, 2.75) is 30.1 Å². The Hall–Kier alpha value is -2.70. The first-order valence-corrected chi connectivity index (χ1v) is 11.2. The van der Waals surface area contributed by atoms with E-state index in [2.05, 4.69) is 17.0 Å². The van der Waals surface area contributed by atoms with Crippen LogP contribution in [0.15, 0.2) is 67.5 Å². The topological polar surface area (TPSA) is 68.7 Å². The molecule has 2 N–H and O–H groups in total. The van der Waals surface area contributed by atoms with Crippen molar-refractivity contribution in [3.8, 4) is 11.3 Å². The molecule has 0 unspecified atom stereocenters. The van der Waals surface area contributed by atoms with Crippen LogP contribution in [0.4, 0.5) is 11.6 Å². The first-order valence-electron chi connectivity index (χ1n) is 10.3. The molecule has 3 aromatic rings. The molecular formula is C24H26N2O3S. The summed E-state index contributed by atoms with van der Waals surface area (Å²) in [7, 11) is 0. The maximum absolute atomic E-state index is 12.4. The van der Waals surface area contributed by atoms with E-state index in [9.17, 15) is 4.79 Å². The predicted molar refractivity (Wildman–Crippen MR) is 123 cm³/mol. The number of fused-ring (bicyclic) bond motifs is 2. The summed E-state index contributed by atoms with van der Waals surface area (Å²) < 4.78 is 11.6. The highest BCUT2D eigenvalue weighted by atomic mass is 32.2. The molecule has 30 heavy (non-hydrogen) atoms. The highest BCUT2D eigenvalue weighted by Crippen LogP contribution is 2.45. The molecule has 0 saturated carbocycles. The lowest BCUT2D eigenvalue weighted by Crippen LogP contribution is -2.36. The van der Waals surface area contributed by atoms with Gasteiger partial charge in [-0.3, -0.25) is 4.79 Å². The standard InChI is InChI=1S/C22H20N2O3S.C2H6/c23-16-4-5-20-15(11-16)10-14-2-1-3-18(22(14)28-20)19-12-17(25)13-21(27-19)24-6-8-26-9-7-24;1-2/h1-5,11-13H,6-10,23H2;1-2H3. The Morgan fingerprint density at radius 1 is 1.00 bits per heavy atom. The molecule has 1 saturated heterocycles. The molecule has 0 aliphatic carbocycles. The van der Waals surface area contributed by atoms with Gasteiger partial charge >= 0.3 is 0 Å². The molecule has 2 aliphatic heterocycles. The van der Waals surface area contributed by atoms with E-state index < -0.39 is 0 Å². The molecular weight excluding hydrogens is 396 g/mol. The quantitative estimate of drug-likeness (QED) is 0.468. The number of rotatable bonds is 2. The molecule has 1 aromatic heterocycles. The number of nitrogen functional groups attached to an aromatic ring is 1. The Kier molecular flexibility index (Phi) is 6.16. The second-order valence-electron chi connectivity index (χ2n) is 7.03. The molecule has 0 spiro atoms. The number of nitrogens with two attached hydrogens (primary N) is 1. The Morgan fingerprint density at radius 2 is 1.80 bits per heavy atom. The van der Waals surface area contributed by atoms with Gasteiger partial charge in [-0.25, -0.2) is 0 Å². The van der Waals surface area contributed by atoms with Crippen LogP contribution in [0.25, 0.3) is 11.3 Å². The van der Waals surface area contributed by atoms with Gasteiger partial charge in [-0.1, -0.05) is 43.8 Å². The van der Waals surface area contributed by atoms with Gasteiger partial charge in [0, 0.05) is 46.3 Å². The monoisotopic (exact) mass is 422 g/mol. The van der Waals surface area contributed by atoms with Gasteiger partial charge < -0.3 is 19.8 Å². The van der Waals surface area contributed by atoms with Crippen molar-refractivity contribution in [3.05, 3.63) is 69.9 Å². The minimum absolute atomic E-state index is 0.0469. The molecule has 6 heteroatoms. The Balaban J connectivity index is 0.00000106. The van der Waals surface area contributed by atoms with Gasteiger partial charge in [0.25, 0.3) is 0 Å². The fraction of sp³-hybridized carbons (Fsp3) is 0.292. The lowest BCUT2D eigenvalue weighted by atomic mass is 10.0. The number of hydrogen-bond acceptors (Lipinski definition) is 6. The third kappa shape index (κ3) is 4.11. The van der Waals surface area contributed by atoms with E-state index >= 15 is 0 Å². The number of hydrogen-bond donors (Lipinski definition) is 1. The van der Waals surface area contributed by atoms with E-state index in [0.29, 0.717) is 24.9 Å². The summed E-state index contributed by atoms with van der Waals surface area (Å²) in [6.07, 6.45) is 0.823. The summed E-state index contributed by atoms with van der Waals surface area (Å²) in [5.41, 5.74) is 10.1. The Labute approximate surface area is 180 Å². The van der Waals surface area contributed by atoms with E-state index in [1.807, 2.05) is 38.1 Å². The number of benzene rings is 2. The average molecular weight is 423 g/mol. The van der Waals surface area contributed by atoms with E-state index in [4.69, 9.17) is 14.9 Å². The van der Waals surface area contributed by atoms with Crippen LogP contribution in [0.2, 0.25) is 0 Å². The Morgan fingerprint density at radius 3 is 2.60 bits per heavy atom. The lowest BCUT2D eigenvalue weighted by molar-refractivity contribution is 0.120. The smallest absolute Gasteiger partial charge is 0.200 e. The van der Waals surface area contributed by atoms with Crippen LogP contribution in [0.1, 0.15) is 25.0 Å². The fourth-order valence-corrected chi connectivity index (χ4v) is 4.90. The number of nitrogens with zero attached hydrogens (tertiary/aromatic N) is 1. The number of ether oxygens (including phenoxy) is 1. The van der Waals surface area contributed by atoms with Crippen LogP contribution in [-0.4, -0.2) is 26.3 Å². The third-order valence-electron chi connectivity index (χ3n) is 5.12. The van der Waals surface area contributed by atoms with Gasteiger partial charge in [0.1, 0.15) is 5.76 Å². The first kappa shape index (κ1) is 20.6. The second kappa shape index (κ2) is 8.98. The van der Waals surface area contributed by atoms with Crippen LogP contribution in [0, 0.1) is 0 Å². The molecule has 2 aromatic carbocycles. The maximum atomic E-state index is 12.4. The van der Waals surface area contributed by atoms with Crippen LogP contribution < -0.4 is 16.1 Å². The van der Waals surface area contributed by atoms with Gasteiger partial charge in [0.2, 0.25) is 0 Å². The molecule has 2 aliphatic rings. The second-order valence-corrected chi connectivity index (χ2v) is 8.09. The first-order chi connectivity index (χ1) is 14.7. The van der Waals surface area contributed by atoms with E-state index in [0.717, 1.165) is 35.7 Å².